The van der Waals surface area contributed by atoms with Gasteiger partial charge >= 0.3 is 5.97 Å². The van der Waals surface area contributed by atoms with Gasteiger partial charge in [-0.05, 0) is 49.4 Å². The summed E-state index contributed by atoms with van der Waals surface area (Å²) in [6.45, 7) is 2.36. The number of halogens is 1. The van der Waals surface area contributed by atoms with Crippen LogP contribution in [0.5, 0.6) is 0 Å². The van der Waals surface area contributed by atoms with Gasteiger partial charge in [-0.3, -0.25) is 4.79 Å². The van der Waals surface area contributed by atoms with Gasteiger partial charge in [0.15, 0.2) is 0 Å². The number of benzene rings is 1. The van der Waals surface area contributed by atoms with Crippen LogP contribution >= 0.6 is 35.1 Å². The molecule has 0 aliphatic carbocycles. The number of hydrogen-bond donors (Lipinski definition) is 0. The molecule has 7 heteroatoms. The van der Waals surface area contributed by atoms with E-state index < -0.39 is 0 Å². The molecule has 1 aromatic carbocycles. The number of fused-ring (bicyclic) bond motifs is 3. The highest BCUT2D eigenvalue weighted by Crippen LogP contribution is 2.47. The molecule has 0 saturated heterocycles. The van der Waals surface area contributed by atoms with Crippen molar-refractivity contribution in [1.82, 2.24) is 9.55 Å². The predicted molar refractivity (Wildman–Crippen MR) is 111 cm³/mol. The minimum absolute atomic E-state index is 0.241. The van der Waals surface area contributed by atoms with Crippen LogP contribution in [0, 0.1) is 0 Å². The molecule has 140 valence electrons. The predicted octanol–water partition coefficient (Wildman–Crippen LogP) is 5.96. The molecule has 3 heterocycles. The standard InChI is InChI=1S/C20H19ClN2O2S2/c1-12(24)25-15-4-3-11-23-18(15)19(27-14-7-5-13(21)6-8-14)17-16(26-2)9-10-22-20(17)23/h5-10,15H,3-4,11H2,1-2H3. The van der Waals surface area contributed by atoms with Crippen LogP contribution < -0.4 is 0 Å². The highest BCUT2D eigenvalue weighted by molar-refractivity contribution is 8.00. The van der Waals surface area contributed by atoms with Crippen molar-refractivity contribution in [1.29, 1.82) is 0 Å². The highest BCUT2D eigenvalue weighted by atomic mass is 35.5. The SMILES string of the molecule is CSc1ccnc2c1c(Sc1ccc(Cl)cc1)c1n2CCCC1OC(C)=O. The number of ether oxygens (including phenoxy) is 1. The second kappa shape index (κ2) is 7.78. The molecular formula is C20H19ClN2O2S2. The number of carbonyl (C=O) groups excluding carboxylic acids is 1. The molecular weight excluding hydrogens is 400 g/mol. The quantitative estimate of drug-likeness (QED) is 0.386. The molecule has 0 bridgehead atoms. The maximum atomic E-state index is 11.7. The third-order valence-corrected chi connectivity index (χ3v) is 6.77. The van der Waals surface area contributed by atoms with Crippen LogP contribution in [0.1, 0.15) is 31.6 Å². The average molecular weight is 419 g/mol. The van der Waals surface area contributed by atoms with Gasteiger partial charge in [-0.1, -0.05) is 23.4 Å². The Labute approximate surface area is 171 Å². The molecule has 0 amide bonds. The molecule has 1 aliphatic heterocycles. The van der Waals surface area contributed by atoms with Gasteiger partial charge in [0.1, 0.15) is 11.8 Å². The lowest BCUT2D eigenvalue weighted by atomic mass is 10.1. The molecule has 4 rings (SSSR count). The number of carbonyl (C=O) groups is 1. The summed E-state index contributed by atoms with van der Waals surface area (Å²) in [5.74, 6) is -0.251. The largest absolute Gasteiger partial charge is 0.456 e. The van der Waals surface area contributed by atoms with E-state index in [0.29, 0.717) is 5.02 Å². The normalized spacial score (nSPS) is 16.3. The third-order valence-electron chi connectivity index (χ3n) is 4.61. The fraction of sp³-hybridized carbons (Fsp3) is 0.300. The first-order valence-electron chi connectivity index (χ1n) is 8.74. The zero-order valence-corrected chi connectivity index (χ0v) is 17.5. The summed E-state index contributed by atoms with van der Waals surface area (Å²) < 4.78 is 7.92. The van der Waals surface area contributed by atoms with E-state index in [4.69, 9.17) is 16.3 Å². The number of hydrogen-bond acceptors (Lipinski definition) is 5. The molecule has 1 aliphatic rings. The number of thioether (sulfide) groups is 1. The average Bonchev–Trinajstić information content (AvgIpc) is 2.98. The second-order valence-electron chi connectivity index (χ2n) is 6.37. The van der Waals surface area contributed by atoms with Crippen LogP contribution in [-0.4, -0.2) is 21.8 Å². The fourth-order valence-electron chi connectivity index (χ4n) is 3.54. The number of esters is 1. The molecule has 0 saturated carbocycles. The van der Waals surface area contributed by atoms with Crippen molar-refractivity contribution in [2.75, 3.05) is 6.26 Å². The Kier molecular flexibility index (Phi) is 5.39. The molecule has 0 radical (unpaired) electrons. The molecule has 3 aromatic rings. The first kappa shape index (κ1) is 18.7. The minimum Gasteiger partial charge on any atom is -0.456 e. The van der Waals surface area contributed by atoms with E-state index in [0.717, 1.165) is 45.9 Å². The molecule has 0 spiro atoms. The van der Waals surface area contributed by atoms with Crippen LogP contribution in [0.15, 0.2) is 51.2 Å². The first-order valence-corrected chi connectivity index (χ1v) is 11.2. The fourth-order valence-corrected chi connectivity index (χ4v) is 5.49. The van der Waals surface area contributed by atoms with Crippen molar-refractivity contribution in [3.63, 3.8) is 0 Å². The summed E-state index contributed by atoms with van der Waals surface area (Å²) in [6.07, 6.45) is 5.48. The van der Waals surface area contributed by atoms with E-state index in [1.54, 1.807) is 23.5 Å². The summed E-state index contributed by atoms with van der Waals surface area (Å²) in [5.41, 5.74) is 2.02. The van der Waals surface area contributed by atoms with Crippen molar-refractivity contribution in [2.24, 2.45) is 0 Å². The summed E-state index contributed by atoms with van der Waals surface area (Å²) in [4.78, 5) is 19.8. The number of aryl methyl sites for hydroxylation is 1. The lowest BCUT2D eigenvalue weighted by Gasteiger charge is -2.25. The van der Waals surface area contributed by atoms with E-state index in [1.807, 2.05) is 36.5 Å². The van der Waals surface area contributed by atoms with Crippen molar-refractivity contribution in [3.8, 4) is 0 Å². The van der Waals surface area contributed by atoms with E-state index in [2.05, 4.69) is 15.8 Å². The van der Waals surface area contributed by atoms with Crippen LogP contribution in [0.2, 0.25) is 5.02 Å². The number of pyridine rings is 1. The van der Waals surface area contributed by atoms with Crippen molar-refractivity contribution in [3.05, 3.63) is 47.2 Å². The maximum absolute atomic E-state index is 11.7. The van der Waals surface area contributed by atoms with Gasteiger partial charge in [0.25, 0.3) is 0 Å². The summed E-state index contributed by atoms with van der Waals surface area (Å²) in [5, 5.41) is 1.85. The third kappa shape index (κ3) is 3.58. The van der Waals surface area contributed by atoms with Crippen LogP contribution in [0.3, 0.4) is 0 Å². The Morgan fingerprint density at radius 2 is 2.07 bits per heavy atom. The minimum atomic E-state index is -0.251. The van der Waals surface area contributed by atoms with Gasteiger partial charge in [-0.25, -0.2) is 4.98 Å². The second-order valence-corrected chi connectivity index (χ2v) is 8.74. The van der Waals surface area contributed by atoms with Crippen molar-refractivity contribution < 1.29 is 9.53 Å². The van der Waals surface area contributed by atoms with Gasteiger partial charge in [-0.15, -0.1) is 11.8 Å². The molecule has 2 aromatic heterocycles. The first-order chi connectivity index (χ1) is 13.1. The van der Waals surface area contributed by atoms with Gasteiger partial charge in [0.2, 0.25) is 0 Å². The van der Waals surface area contributed by atoms with E-state index >= 15 is 0 Å². The molecule has 0 N–H and O–H groups in total. The summed E-state index contributed by atoms with van der Waals surface area (Å²) in [7, 11) is 0. The van der Waals surface area contributed by atoms with Crippen LogP contribution in [0.4, 0.5) is 0 Å². The summed E-state index contributed by atoms with van der Waals surface area (Å²) in [6, 6.07) is 9.87. The van der Waals surface area contributed by atoms with Gasteiger partial charge < -0.3 is 9.30 Å². The molecule has 0 fully saturated rings. The Bertz CT molecular complexity index is 1000. The van der Waals surface area contributed by atoms with Gasteiger partial charge in [0.05, 0.1) is 5.69 Å². The number of nitrogens with zero attached hydrogens (tertiary/aromatic N) is 2. The number of rotatable bonds is 4. The van der Waals surface area contributed by atoms with Crippen LogP contribution in [-0.2, 0) is 16.1 Å². The molecule has 4 nitrogen and oxygen atoms in total. The Morgan fingerprint density at radius 1 is 1.30 bits per heavy atom. The van der Waals surface area contributed by atoms with Crippen LogP contribution in [0.25, 0.3) is 11.0 Å². The maximum Gasteiger partial charge on any atom is 0.303 e. The number of aromatic nitrogens is 2. The molecule has 1 atom stereocenters. The van der Waals surface area contributed by atoms with Gasteiger partial charge in [-0.2, -0.15) is 0 Å². The van der Waals surface area contributed by atoms with Crippen molar-refractivity contribution >= 4 is 52.1 Å². The zero-order valence-electron chi connectivity index (χ0n) is 15.1. The van der Waals surface area contributed by atoms with Gasteiger partial charge in [0, 0.05) is 44.8 Å². The monoisotopic (exact) mass is 418 g/mol. The lowest BCUT2D eigenvalue weighted by molar-refractivity contribution is -0.148. The van der Waals surface area contributed by atoms with Crippen molar-refractivity contribution in [2.45, 2.75) is 47.1 Å². The summed E-state index contributed by atoms with van der Waals surface area (Å²) >= 11 is 9.44. The van der Waals surface area contributed by atoms with E-state index in [9.17, 15) is 4.79 Å². The Hall–Kier alpha value is -1.63. The molecule has 27 heavy (non-hydrogen) atoms. The van der Waals surface area contributed by atoms with E-state index in [1.165, 1.54) is 11.8 Å². The van der Waals surface area contributed by atoms with E-state index in [-0.39, 0.29) is 12.1 Å². The topological polar surface area (TPSA) is 44.1 Å². The smallest absolute Gasteiger partial charge is 0.303 e. The molecule has 1 unspecified atom stereocenters. The highest BCUT2D eigenvalue weighted by Gasteiger charge is 2.31. The Balaban J connectivity index is 1.93. The zero-order chi connectivity index (χ0) is 19.0. The lowest BCUT2D eigenvalue weighted by Crippen LogP contribution is -2.19. The Morgan fingerprint density at radius 3 is 2.78 bits per heavy atom.